The maximum atomic E-state index is 12.6. The van der Waals surface area contributed by atoms with Crippen LogP contribution in [0.15, 0.2) is 60.7 Å². The molecule has 1 aliphatic heterocycles. The molecule has 2 aromatic rings. The molecule has 1 fully saturated rings. The molecule has 1 heterocycles. The number of likely N-dealkylation sites (tertiary alicyclic amines) is 1. The highest BCUT2D eigenvalue weighted by molar-refractivity contribution is 7.91. The molecule has 1 amide bonds. The first-order valence-corrected chi connectivity index (χ1v) is 11.9. The SMILES string of the molecule is O=C1CC([S+]([O-])Cc2ccccc2)N1CCOCCCCCCc1ccccc1. The number of ether oxygens (including phenoxy) is 1. The predicted octanol–water partition coefficient (Wildman–Crippen LogP) is 4.31. The summed E-state index contributed by atoms with van der Waals surface area (Å²) in [6.07, 6.45) is 6.16. The third-order valence-electron chi connectivity index (χ3n) is 5.30. The highest BCUT2D eigenvalue weighted by Crippen LogP contribution is 2.26. The van der Waals surface area contributed by atoms with Gasteiger partial charge in [0.05, 0.1) is 13.0 Å². The van der Waals surface area contributed by atoms with Crippen LogP contribution < -0.4 is 0 Å². The summed E-state index contributed by atoms with van der Waals surface area (Å²) in [5.74, 6) is 0.583. The van der Waals surface area contributed by atoms with Gasteiger partial charge in [0.2, 0.25) is 5.91 Å². The smallest absolute Gasteiger partial charge is 0.233 e. The highest BCUT2D eigenvalue weighted by atomic mass is 32.2. The van der Waals surface area contributed by atoms with Crippen LogP contribution in [0.1, 0.15) is 43.2 Å². The first-order valence-electron chi connectivity index (χ1n) is 10.6. The number of β-lactam (4-membered cyclic amide) rings is 1. The van der Waals surface area contributed by atoms with Crippen molar-refractivity contribution in [1.29, 1.82) is 0 Å². The van der Waals surface area contributed by atoms with E-state index < -0.39 is 11.2 Å². The Labute approximate surface area is 177 Å². The van der Waals surface area contributed by atoms with Gasteiger partial charge >= 0.3 is 0 Å². The highest BCUT2D eigenvalue weighted by Gasteiger charge is 2.44. The van der Waals surface area contributed by atoms with Crippen molar-refractivity contribution in [3.8, 4) is 0 Å². The van der Waals surface area contributed by atoms with E-state index in [1.54, 1.807) is 4.90 Å². The van der Waals surface area contributed by atoms with Gasteiger partial charge in [-0.05, 0) is 36.0 Å². The van der Waals surface area contributed by atoms with Gasteiger partial charge in [0, 0.05) is 18.7 Å². The molecule has 29 heavy (non-hydrogen) atoms. The largest absolute Gasteiger partial charge is 0.614 e. The zero-order chi connectivity index (χ0) is 20.3. The summed E-state index contributed by atoms with van der Waals surface area (Å²) in [6.45, 7) is 1.79. The van der Waals surface area contributed by atoms with Gasteiger partial charge in [0.25, 0.3) is 0 Å². The summed E-state index contributed by atoms with van der Waals surface area (Å²) < 4.78 is 18.3. The van der Waals surface area contributed by atoms with Crippen LogP contribution in [-0.4, -0.2) is 40.5 Å². The van der Waals surface area contributed by atoms with Crippen molar-refractivity contribution in [1.82, 2.24) is 4.90 Å². The van der Waals surface area contributed by atoms with E-state index in [1.807, 2.05) is 30.3 Å². The lowest BCUT2D eigenvalue weighted by Crippen LogP contribution is -2.57. The standard InChI is InChI=1S/C24H31NO3S/c26-23-19-24(29(27)20-22-14-8-4-9-15-22)25(23)16-18-28-17-10-2-1-5-11-21-12-6-3-7-13-21/h3-4,6-9,12-15,24H,1-2,5,10-11,16-20H2. The second kappa shape index (κ2) is 12.0. The second-order valence-corrected chi connectivity index (χ2v) is 9.11. The Morgan fingerprint density at radius 2 is 1.55 bits per heavy atom. The van der Waals surface area contributed by atoms with Crippen molar-refractivity contribution in [2.45, 2.75) is 49.7 Å². The van der Waals surface area contributed by atoms with Crippen LogP contribution in [0, 0.1) is 0 Å². The van der Waals surface area contributed by atoms with Crippen molar-refractivity contribution in [2.75, 3.05) is 19.8 Å². The molecule has 2 unspecified atom stereocenters. The monoisotopic (exact) mass is 413 g/mol. The minimum Gasteiger partial charge on any atom is -0.614 e. The van der Waals surface area contributed by atoms with Crippen LogP contribution in [0.25, 0.3) is 0 Å². The minimum absolute atomic E-state index is 0.0842. The lowest BCUT2D eigenvalue weighted by atomic mass is 10.1. The summed E-state index contributed by atoms with van der Waals surface area (Å²) in [5.41, 5.74) is 2.45. The zero-order valence-corrected chi connectivity index (χ0v) is 17.8. The molecule has 0 aliphatic carbocycles. The Balaban J connectivity index is 1.23. The van der Waals surface area contributed by atoms with Crippen LogP contribution >= 0.6 is 0 Å². The third kappa shape index (κ3) is 7.18. The maximum absolute atomic E-state index is 12.6. The number of carbonyl (C=O) groups excluding carboxylic acids is 1. The summed E-state index contributed by atoms with van der Waals surface area (Å²) in [6, 6.07) is 20.4. The molecule has 0 aromatic heterocycles. The molecule has 0 N–H and O–H groups in total. The van der Waals surface area contributed by atoms with Crippen LogP contribution in [-0.2, 0) is 32.9 Å². The number of amides is 1. The van der Waals surface area contributed by atoms with E-state index >= 15 is 0 Å². The van der Waals surface area contributed by atoms with E-state index in [2.05, 4.69) is 30.3 Å². The fourth-order valence-electron chi connectivity index (χ4n) is 3.56. The topological polar surface area (TPSA) is 52.6 Å². The molecule has 0 spiro atoms. The van der Waals surface area contributed by atoms with E-state index in [9.17, 15) is 9.35 Å². The van der Waals surface area contributed by atoms with Gasteiger partial charge in [-0.15, -0.1) is 0 Å². The van der Waals surface area contributed by atoms with Crippen LogP contribution in [0.2, 0.25) is 0 Å². The van der Waals surface area contributed by atoms with E-state index in [1.165, 1.54) is 24.8 Å². The normalized spacial score (nSPS) is 17.2. The quantitative estimate of drug-likeness (QED) is 0.279. The number of aryl methyl sites for hydroxylation is 1. The Morgan fingerprint density at radius 3 is 2.24 bits per heavy atom. The van der Waals surface area contributed by atoms with Gasteiger partial charge < -0.3 is 9.29 Å². The summed E-state index contributed by atoms with van der Waals surface area (Å²) >= 11 is -1.06. The number of hydrogen-bond acceptors (Lipinski definition) is 3. The predicted molar refractivity (Wildman–Crippen MR) is 118 cm³/mol. The molecule has 1 aliphatic rings. The fourth-order valence-corrected chi connectivity index (χ4v) is 5.11. The molecule has 4 nitrogen and oxygen atoms in total. The molecular formula is C24H31NO3S. The fraction of sp³-hybridized carbons (Fsp3) is 0.458. The molecule has 0 saturated carbocycles. The Hall–Kier alpha value is -1.82. The van der Waals surface area contributed by atoms with Gasteiger partial charge in [0.15, 0.2) is 5.37 Å². The van der Waals surface area contributed by atoms with E-state index in [0.717, 1.165) is 25.0 Å². The Morgan fingerprint density at radius 1 is 0.897 bits per heavy atom. The van der Waals surface area contributed by atoms with E-state index in [4.69, 9.17) is 4.74 Å². The first kappa shape index (κ1) is 21.9. The van der Waals surface area contributed by atoms with E-state index in [-0.39, 0.29) is 11.3 Å². The zero-order valence-electron chi connectivity index (χ0n) is 17.0. The van der Waals surface area contributed by atoms with Crippen molar-refractivity contribution >= 4 is 17.1 Å². The van der Waals surface area contributed by atoms with Crippen molar-refractivity contribution < 1.29 is 14.1 Å². The molecule has 1 saturated heterocycles. The summed E-state index contributed by atoms with van der Waals surface area (Å²) in [4.78, 5) is 13.6. The van der Waals surface area contributed by atoms with Crippen molar-refractivity contribution in [3.63, 3.8) is 0 Å². The number of hydrogen-bond donors (Lipinski definition) is 0. The van der Waals surface area contributed by atoms with Crippen LogP contribution in [0.3, 0.4) is 0 Å². The average Bonchev–Trinajstić information content (AvgIpc) is 2.74. The summed E-state index contributed by atoms with van der Waals surface area (Å²) in [7, 11) is 0. The minimum atomic E-state index is -1.06. The van der Waals surface area contributed by atoms with Gasteiger partial charge in [-0.3, -0.25) is 9.69 Å². The molecule has 0 radical (unpaired) electrons. The first-order chi connectivity index (χ1) is 14.2. The number of carbonyl (C=O) groups is 1. The van der Waals surface area contributed by atoms with Gasteiger partial charge in [-0.1, -0.05) is 73.5 Å². The summed E-state index contributed by atoms with van der Waals surface area (Å²) in [5, 5.41) is -0.163. The molecule has 156 valence electrons. The van der Waals surface area contributed by atoms with E-state index in [0.29, 0.717) is 25.3 Å². The number of unbranched alkanes of at least 4 members (excludes halogenated alkanes) is 3. The van der Waals surface area contributed by atoms with Crippen LogP contribution in [0.4, 0.5) is 0 Å². The van der Waals surface area contributed by atoms with Gasteiger partial charge in [-0.25, -0.2) is 0 Å². The van der Waals surface area contributed by atoms with Gasteiger partial charge in [0.1, 0.15) is 5.75 Å². The van der Waals surface area contributed by atoms with Crippen molar-refractivity contribution in [2.24, 2.45) is 0 Å². The average molecular weight is 414 g/mol. The molecule has 3 rings (SSSR count). The lowest BCUT2D eigenvalue weighted by molar-refractivity contribution is -0.142. The number of nitrogens with zero attached hydrogens (tertiary/aromatic N) is 1. The molecule has 0 bridgehead atoms. The number of benzene rings is 2. The Kier molecular flexibility index (Phi) is 9.06. The number of rotatable bonds is 13. The lowest BCUT2D eigenvalue weighted by Gasteiger charge is -2.40. The maximum Gasteiger partial charge on any atom is 0.233 e. The van der Waals surface area contributed by atoms with Crippen LogP contribution in [0.5, 0.6) is 0 Å². The van der Waals surface area contributed by atoms with Crippen molar-refractivity contribution in [3.05, 3.63) is 71.8 Å². The van der Waals surface area contributed by atoms with Gasteiger partial charge in [-0.2, -0.15) is 0 Å². The second-order valence-electron chi connectivity index (χ2n) is 7.52. The molecular weight excluding hydrogens is 382 g/mol. The molecule has 5 heteroatoms. The Bertz CT molecular complexity index is 725. The molecule has 2 atom stereocenters. The molecule has 2 aromatic carbocycles. The third-order valence-corrected chi connectivity index (χ3v) is 6.94.